The largest absolute Gasteiger partial charge is 0.301 e. The van der Waals surface area contributed by atoms with Crippen LogP contribution in [0.15, 0.2) is 0 Å². The zero-order chi connectivity index (χ0) is 8.44. The molecule has 0 aromatic carbocycles. The third kappa shape index (κ3) is 1.38. The van der Waals surface area contributed by atoms with Crippen LogP contribution in [-0.2, 0) is 0 Å². The Morgan fingerprint density at radius 3 is 2.50 bits per heavy atom. The average molecular weight is 167 g/mol. The van der Waals surface area contributed by atoms with Crippen molar-refractivity contribution in [3.8, 4) is 0 Å². The van der Waals surface area contributed by atoms with E-state index in [0.29, 0.717) is 5.54 Å². The highest BCUT2D eigenvalue weighted by molar-refractivity contribution is 4.95. The molecule has 2 aliphatic heterocycles. The first-order chi connectivity index (χ1) is 5.83. The van der Waals surface area contributed by atoms with Crippen molar-refractivity contribution in [2.45, 2.75) is 37.6 Å². The summed E-state index contributed by atoms with van der Waals surface area (Å²) in [4.78, 5) is 2.59. The van der Waals surface area contributed by atoms with Crippen molar-refractivity contribution in [1.82, 2.24) is 10.2 Å². The highest BCUT2D eigenvalue weighted by Gasteiger charge is 2.37. The molecule has 2 heteroatoms. The van der Waals surface area contributed by atoms with Crippen LogP contribution in [0.25, 0.3) is 0 Å². The third-order valence-corrected chi connectivity index (χ3v) is 3.67. The molecular formula is C10H19N2. The number of hydrogen-bond acceptors (Lipinski definition) is 1. The van der Waals surface area contributed by atoms with Gasteiger partial charge in [-0.1, -0.05) is 6.42 Å². The van der Waals surface area contributed by atoms with Crippen LogP contribution >= 0.6 is 0 Å². The Morgan fingerprint density at radius 1 is 1.08 bits per heavy atom. The molecule has 2 fully saturated rings. The first kappa shape index (κ1) is 8.52. The molecule has 2 heterocycles. The highest BCUT2D eigenvalue weighted by Crippen LogP contribution is 2.34. The van der Waals surface area contributed by atoms with Gasteiger partial charge in [-0.05, 0) is 39.3 Å². The van der Waals surface area contributed by atoms with E-state index in [1.165, 1.54) is 38.6 Å². The number of hydrogen-bond donors (Lipinski definition) is 0. The molecule has 0 saturated carbocycles. The lowest BCUT2D eigenvalue weighted by Gasteiger charge is -2.47. The molecule has 0 unspecified atom stereocenters. The minimum Gasteiger partial charge on any atom is -0.301 e. The van der Waals surface area contributed by atoms with Gasteiger partial charge in [0.15, 0.2) is 0 Å². The fourth-order valence-electron chi connectivity index (χ4n) is 2.67. The van der Waals surface area contributed by atoms with Crippen LogP contribution in [-0.4, -0.2) is 37.1 Å². The Morgan fingerprint density at radius 2 is 1.83 bits per heavy atom. The van der Waals surface area contributed by atoms with Crippen LogP contribution in [0.1, 0.15) is 32.1 Å². The summed E-state index contributed by atoms with van der Waals surface area (Å²) in [6.45, 7) is 3.51. The molecule has 0 atom stereocenters. The molecule has 2 aliphatic rings. The quantitative estimate of drug-likeness (QED) is 0.530. The summed E-state index contributed by atoms with van der Waals surface area (Å²) in [5.41, 5.74) is 0.556. The predicted molar refractivity (Wildman–Crippen MR) is 50.3 cm³/mol. The van der Waals surface area contributed by atoms with Crippen molar-refractivity contribution >= 4 is 0 Å². The van der Waals surface area contributed by atoms with E-state index in [0.717, 1.165) is 13.1 Å². The van der Waals surface area contributed by atoms with E-state index < -0.39 is 0 Å². The lowest BCUT2D eigenvalue weighted by atomic mass is 9.79. The van der Waals surface area contributed by atoms with Gasteiger partial charge in [0.25, 0.3) is 0 Å². The van der Waals surface area contributed by atoms with Crippen molar-refractivity contribution in [2.24, 2.45) is 0 Å². The van der Waals surface area contributed by atoms with Crippen molar-refractivity contribution < 1.29 is 0 Å². The van der Waals surface area contributed by atoms with Gasteiger partial charge in [-0.15, -0.1) is 0 Å². The Labute approximate surface area is 75.3 Å². The SMILES string of the molecule is CN1CCCCC12CC[N]CC2. The van der Waals surface area contributed by atoms with Gasteiger partial charge >= 0.3 is 0 Å². The molecule has 2 saturated heterocycles. The molecule has 2 nitrogen and oxygen atoms in total. The minimum atomic E-state index is 0.556. The zero-order valence-electron chi connectivity index (χ0n) is 8.05. The van der Waals surface area contributed by atoms with Gasteiger partial charge < -0.3 is 4.90 Å². The average Bonchev–Trinajstić information content (AvgIpc) is 2.12. The molecule has 0 bridgehead atoms. The maximum Gasteiger partial charge on any atom is 0.0232 e. The molecule has 12 heavy (non-hydrogen) atoms. The van der Waals surface area contributed by atoms with E-state index in [9.17, 15) is 0 Å². The second-order valence-corrected chi connectivity index (χ2v) is 4.27. The molecule has 0 aromatic rings. The molecule has 1 radical (unpaired) electrons. The smallest absolute Gasteiger partial charge is 0.0232 e. The van der Waals surface area contributed by atoms with Crippen LogP contribution in [0.5, 0.6) is 0 Å². The molecule has 0 aromatic heterocycles. The van der Waals surface area contributed by atoms with Crippen LogP contribution in [0.3, 0.4) is 0 Å². The van der Waals surface area contributed by atoms with Gasteiger partial charge in [0.1, 0.15) is 0 Å². The van der Waals surface area contributed by atoms with E-state index in [1.807, 2.05) is 0 Å². The minimum absolute atomic E-state index is 0.556. The summed E-state index contributed by atoms with van der Waals surface area (Å²) in [6.07, 6.45) is 6.87. The second-order valence-electron chi connectivity index (χ2n) is 4.27. The zero-order valence-corrected chi connectivity index (χ0v) is 8.05. The number of nitrogens with zero attached hydrogens (tertiary/aromatic N) is 2. The van der Waals surface area contributed by atoms with E-state index in [1.54, 1.807) is 0 Å². The second kappa shape index (κ2) is 3.35. The highest BCUT2D eigenvalue weighted by atomic mass is 15.2. The van der Waals surface area contributed by atoms with Gasteiger partial charge in [-0.2, -0.15) is 0 Å². The fourth-order valence-corrected chi connectivity index (χ4v) is 2.67. The van der Waals surface area contributed by atoms with E-state index in [4.69, 9.17) is 0 Å². The van der Waals surface area contributed by atoms with Gasteiger partial charge in [-0.25, -0.2) is 5.32 Å². The van der Waals surface area contributed by atoms with Gasteiger partial charge in [0.2, 0.25) is 0 Å². The summed E-state index contributed by atoms with van der Waals surface area (Å²) in [5, 5.41) is 4.43. The topological polar surface area (TPSA) is 17.3 Å². The maximum atomic E-state index is 4.43. The van der Waals surface area contributed by atoms with Crippen LogP contribution in [0, 0.1) is 0 Å². The Bertz CT molecular complexity index is 142. The Hall–Kier alpha value is -0.0800. The first-order valence-corrected chi connectivity index (χ1v) is 5.18. The normalized spacial score (nSPS) is 30.8. The Kier molecular flexibility index (Phi) is 2.37. The summed E-state index contributed by atoms with van der Waals surface area (Å²) in [6, 6.07) is 0. The maximum absolute atomic E-state index is 4.43. The molecular weight excluding hydrogens is 148 g/mol. The number of piperidine rings is 2. The van der Waals surface area contributed by atoms with E-state index in [2.05, 4.69) is 17.3 Å². The molecule has 2 rings (SSSR count). The Balaban J connectivity index is 2.04. The third-order valence-electron chi connectivity index (χ3n) is 3.67. The summed E-state index contributed by atoms with van der Waals surface area (Å²) in [5.74, 6) is 0. The van der Waals surface area contributed by atoms with Crippen molar-refractivity contribution in [3.05, 3.63) is 0 Å². The van der Waals surface area contributed by atoms with Crippen molar-refractivity contribution in [3.63, 3.8) is 0 Å². The molecule has 0 aliphatic carbocycles. The van der Waals surface area contributed by atoms with Crippen LogP contribution < -0.4 is 5.32 Å². The standard InChI is InChI=1S/C10H19N2/c1-12-9-3-2-4-10(12)5-7-11-8-6-10/h2-9H2,1H3. The summed E-state index contributed by atoms with van der Waals surface area (Å²) in [7, 11) is 2.30. The van der Waals surface area contributed by atoms with Crippen LogP contribution in [0.4, 0.5) is 0 Å². The molecule has 1 spiro atoms. The van der Waals surface area contributed by atoms with Gasteiger partial charge in [0.05, 0.1) is 0 Å². The lowest BCUT2D eigenvalue weighted by Crippen LogP contribution is -2.54. The van der Waals surface area contributed by atoms with E-state index >= 15 is 0 Å². The number of likely N-dealkylation sites (tertiary alicyclic amines) is 1. The van der Waals surface area contributed by atoms with E-state index in [-0.39, 0.29) is 0 Å². The lowest BCUT2D eigenvalue weighted by molar-refractivity contribution is 0.0431. The number of rotatable bonds is 0. The van der Waals surface area contributed by atoms with Crippen molar-refractivity contribution in [2.75, 3.05) is 26.7 Å². The van der Waals surface area contributed by atoms with Gasteiger partial charge in [0, 0.05) is 18.6 Å². The fraction of sp³-hybridized carbons (Fsp3) is 1.00. The summed E-state index contributed by atoms with van der Waals surface area (Å²) >= 11 is 0. The van der Waals surface area contributed by atoms with Crippen LogP contribution in [0.2, 0.25) is 0 Å². The monoisotopic (exact) mass is 167 g/mol. The molecule has 0 N–H and O–H groups in total. The molecule has 69 valence electrons. The predicted octanol–water partition coefficient (Wildman–Crippen LogP) is 1.24. The summed E-state index contributed by atoms with van der Waals surface area (Å²) < 4.78 is 0. The first-order valence-electron chi connectivity index (χ1n) is 5.18. The molecule has 0 amide bonds. The van der Waals surface area contributed by atoms with Crippen molar-refractivity contribution in [1.29, 1.82) is 0 Å². The van der Waals surface area contributed by atoms with Gasteiger partial charge in [-0.3, -0.25) is 0 Å².